The van der Waals surface area contributed by atoms with Crippen LogP contribution >= 0.6 is 11.8 Å². The van der Waals surface area contributed by atoms with Gasteiger partial charge >= 0.3 is 0 Å². The van der Waals surface area contributed by atoms with Gasteiger partial charge in [-0.15, -0.1) is 0 Å². The van der Waals surface area contributed by atoms with E-state index >= 15 is 0 Å². The van der Waals surface area contributed by atoms with E-state index in [4.69, 9.17) is 14.7 Å². The number of hydrogen-bond acceptors (Lipinski definition) is 5. The van der Waals surface area contributed by atoms with Gasteiger partial charge in [0.15, 0.2) is 0 Å². The van der Waals surface area contributed by atoms with Gasteiger partial charge < -0.3 is 9.47 Å². The highest BCUT2D eigenvalue weighted by Gasteiger charge is 2.12. The summed E-state index contributed by atoms with van der Waals surface area (Å²) in [5.41, 5.74) is 3.33. The average molecular weight is 505 g/mol. The summed E-state index contributed by atoms with van der Waals surface area (Å²) in [6.07, 6.45) is 0. The molecule has 4 nitrogen and oxygen atoms in total. The van der Waals surface area contributed by atoms with E-state index in [0.717, 1.165) is 21.3 Å². The van der Waals surface area contributed by atoms with Gasteiger partial charge in [0.1, 0.15) is 35.1 Å². The fourth-order valence-corrected chi connectivity index (χ4v) is 4.80. The topological polar surface area (TPSA) is 66.0 Å². The van der Waals surface area contributed by atoms with Crippen LogP contribution < -0.4 is 9.47 Å². The summed E-state index contributed by atoms with van der Waals surface area (Å²) in [5, 5.41) is 18.3. The predicted molar refractivity (Wildman–Crippen MR) is 148 cm³/mol. The van der Waals surface area contributed by atoms with Crippen molar-refractivity contribution in [2.45, 2.75) is 49.3 Å². The normalized spacial score (nSPS) is 10.7. The maximum Gasteiger partial charge on any atom is 0.128 e. The molecule has 0 atom stereocenters. The Hall–Kier alpha value is -4.19. The molecule has 0 saturated heterocycles. The zero-order valence-electron chi connectivity index (χ0n) is 21.4. The summed E-state index contributed by atoms with van der Waals surface area (Å²) in [6.45, 7) is 8.87. The molecule has 0 aliphatic carbocycles. The second-order valence-corrected chi connectivity index (χ2v) is 10.4. The molecule has 37 heavy (non-hydrogen) atoms. The van der Waals surface area contributed by atoms with Crippen LogP contribution in [0.3, 0.4) is 0 Å². The summed E-state index contributed by atoms with van der Waals surface area (Å²) in [6, 6.07) is 31.1. The molecule has 4 aromatic carbocycles. The SMILES string of the molecule is CC(C)c1ccc(Oc2ccc(Sc3ccc(Oc4ccc(C#N)c(C#N)c4)cc3)cc2)cc1C(C)C. The molecule has 0 bridgehead atoms. The number of hydrogen-bond donors (Lipinski definition) is 0. The van der Waals surface area contributed by atoms with E-state index < -0.39 is 0 Å². The Bertz CT molecular complexity index is 1460. The second-order valence-electron chi connectivity index (χ2n) is 9.28. The third kappa shape index (κ3) is 6.53. The van der Waals surface area contributed by atoms with Crippen LogP contribution in [0.1, 0.15) is 61.8 Å². The van der Waals surface area contributed by atoms with Crippen LogP contribution in [0.25, 0.3) is 0 Å². The first-order valence-corrected chi connectivity index (χ1v) is 13.0. The van der Waals surface area contributed by atoms with Crippen LogP contribution in [0, 0.1) is 22.7 Å². The first-order valence-electron chi connectivity index (χ1n) is 12.2. The number of nitriles is 2. The van der Waals surface area contributed by atoms with Gasteiger partial charge in [-0.1, -0.05) is 45.5 Å². The quantitative estimate of drug-likeness (QED) is 0.239. The summed E-state index contributed by atoms with van der Waals surface area (Å²) in [7, 11) is 0. The number of nitrogens with zero attached hydrogens (tertiary/aromatic N) is 2. The van der Waals surface area contributed by atoms with Gasteiger partial charge in [-0.25, -0.2) is 0 Å². The zero-order valence-corrected chi connectivity index (χ0v) is 22.2. The van der Waals surface area contributed by atoms with Gasteiger partial charge in [0.2, 0.25) is 0 Å². The van der Waals surface area contributed by atoms with Gasteiger partial charge in [0.25, 0.3) is 0 Å². The van der Waals surface area contributed by atoms with Crippen LogP contribution in [-0.2, 0) is 0 Å². The molecule has 0 N–H and O–H groups in total. The summed E-state index contributed by atoms with van der Waals surface area (Å²) in [5.74, 6) is 3.76. The second kappa shape index (κ2) is 11.7. The molecule has 0 radical (unpaired) electrons. The molecular formula is C32H28N2O2S. The van der Waals surface area contributed by atoms with E-state index in [1.54, 1.807) is 30.0 Å². The van der Waals surface area contributed by atoms with Crippen molar-refractivity contribution in [2.75, 3.05) is 0 Å². The Morgan fingerprint density at radius 2 is 1.00 bits per heavy atom. The van der Waals surface area contributed by atoms with Crippen LogP contribution in [0.5, 0.6) is 23.0 Å². The van der Waals surface area contributed by atoms with Crippen LogP contribution in [0.2, 0.25) is 0 Å². The van der Waals surface area contributed by atoms with Crippen molar-refractivity contribution in [1.82, 2.24) is 0 Å². The minimum atomic E-state index is 0.299. The fourth-order valence-electron chi connectivity index (χ4n) is 3.98. The van der Waals surface area contributed by atoms with Gasteiger partial charge in [-0.2, -0.15) is 10.5 Å². The highest BCUT2D eigenvalue weighted by molar-refractivity contribution is 7.99. The van der Waals surface area contributed by atoms with Crippen molar-refractivity contribution in [3.8, 4) is 35.1 Å². The standard InChI is InChI=1S/C32H28N2O2S/c1-21(2)31-16-11-28(18-32(31)22(3)4)36-26-9-14-30(15-10-26)37-29-12-7-25(8-13-29)35-27-6-5-23(19-33)24(17-27)20-34/h5-18,21-22H,1-4H3. The molecule has 0 spiro atoms. The Morgan fingerprint density at radius 3 is 1.49 bits per heavy atom. The number of benzene rings is 4. The lowest BCUT2D eigenvalue weighted by Gasteiger charge is -2.17. The Balaban J connectivity index is 1.39. The molecule has 0 amide bonds. The van der Waals surface area contributed by atoms with Crippen molar-refractivity contribution in [3.05, 3.63) is 107 Å². The minimum Gasteiger partial charge on any atom is -0.457 e. The molecule has 5 heteroatoms. The van der Waals surface area contributed by atoms with Crippen LogP contribution in [-0.4, -0.2) is 0 Å². The molecule has 0 aromatic heterocycles. The third-order valence-electron chi connectivity index (χ3n) is 5.89. The smallest absolute Gasteiger partial charge is 0.128 e. The number of ether oxygens (including phenoxy) is 2. The maximum atomic E-state index is 9.20. The third-order valence-corrected chi connectivity index (χ3v) is 6.90. The largest absolute Gasteiger partial charge is 0.457 e. The molecule has 0 saturated carbocycles. The molecule has 4 aromatic rings. The Labute approximate surface area is 223 Å². The molecule has 0 fully saturated rings. The maximum absolute atomic E-state index is 9.20. The van der Waals surface area contributed by atoms with Gasteiger partial charge in [0, 0.05) is 9.79 Å². The van der Waals surface area contributed by atoms with E-state index in [-0.39, 0.29) is 0 Å². The van der Waals surface area contributed by atoms with Crippen molar-refractivity contribution in [2.24, 2.45) is 0 Å². The van der Waals surface area contributed by atoms with E-state index in [1.165, 1.54) is 11.1 Å². The lowest BCUT2D eigenvalue weighted by atomic mass is 9.90. The molecule has 0 unspecified atom stereocenters. The van der Waals surface area contributed by atoms with Crippen molar-refractivity contribution >= 4 is 11.8 Å². The molecule has 0 heterocycles. The molecule has 184 valence electrons. The van der Waals surface area contributed by atoms with E-state index in [0.29, 0.717) is 34.5 Å². The summed E-state index contributed by atoms with van der Waals surface area (Å²) < 4.78 is 12.0. The molecule has 4 rings (SSSR count). The fraction of sp³-hybridized carbons (Fsp3) is 0.188. The average Bonchev–Trinajstić information content (AvgIpc) is 2.90. The molecule has 0 aliphatic heterocycles. The summed E-state index contributed by atoms with van der Waals surface area (Å²) in [4.78, 5) is 2.18. The van der Waals surface area contributed by atoms with Crippen molar-refractivity contribution in [3.63, 3.8) is 0 Å². The molecular weight excluding hydrogens is 476 g/mol. The Kier molecular flexibility index (Phi) is 8.18. The van der Waals surface area contributed by atoms with Gasteiger partial charge in [0.05, 0.1) is 11.1 Å². The first kappa shape index (κ1) is 25.9. The predicted octanol–water partition coefficient (Wildman–Crippen LogP) is 9.41. The Morgan fingerprint density at radius 1 is 0.541 bits per heavy atom. The zero-order chi connectivity index (χ0) is 26.4. The first-order chi connectivity index (χ1) is 17.9. The van der Waals surface area contributed by atoms with Gasteiger partial charge in [-0.05, 0) is 102 Å². The molecule has 0 aliphatic rings. The van der Waals surface area contributed by atoms with Gasteiger partial charge in [-0.3, -0.25) is 0 Å². The van der Waals surface area contributed by atoms with Crippen LogP contribution in [0.15, 0.2) is 94.7 Å². The van der Waals surface area contributed by atoms with E-state index in [2.05, 4.69) is 52.0 Å². The minimum absolute atomic E-state index is 0.299. The van der Waals surface area contributed by atoms with E-state index in [9.17, 15) is 5.26 Å². The summed E-state index contributed by atoms with van der Waals surface area (Å²) >= 11 is 1.65. The lowest BCUT2D eigenvalue weighted by Crippen LogP contribution is -1.99. The highest BCUT2D eigenvalue weighted by Crippen LogP contribution is 2.34. The van der Waals surface area contributed by atoms with E-state index in [1.807, 2.05) is 54.6 Å². The number of rotatable bonds is 8. The monoisotopic (exact) mass is 504 g/mol. The van der Waals surface area contributed by atoms with Crippen LogP contribution in [0.4, 0.5) is 0 Å². The highest BCUT2D eigenvalue weighted by atomic mass is 32.2. The lowest BCUT2D eigenvalue weighted by molar-refractivity contribution is 0.480. The van der Waals surface area contributed by atoms with Crippen molar-refractivity contribution in [1.29, 1.82) is 10.5 Å². The van der Waals surface area contributed by atoms with Crippen molar-refractivity contribution < 1.29 is 9.47 Å².